The molecule has 142 valence electrons. The van der Waals surface area contributed by atoms with Crippen molar-refractivity contribution < 1.29 is 22.3 Å². The Bertz CT molecular complexity index is 847. The number of hydrogen-bond acceptors (Lipinski definition) is 2. The third-order valence-electron chi connectivity index (χ3n) is 5.18. The molecule has 1 fully saturated rings. The van der Waals surface area contributed by atoms with E-state index in [2.05, 4.69) is 4.90 Å². The summed E-state index contributed by atoms with van der Waals surface area (Å²) in [5.41, 5.74) is 0.929. The van der Waals surface area contributed by atoms with Crippen molar-refractivity contribution >= 4 is 5.57 Å². The van der Waals surface area contributed by atoms with E-state index in [0.29, 0.717) is 31.3 Å². The van der Waals surface area contributed by atoms with Crippen LogP contribution in [0.2, 0.25) is 0 Å². The first-order valence-electron chi connectivity index (χ1n) is 8.87. The largest absolute Gasteiger partial charge is 0.417 e. The molecule has 4 rings (SSSR count). The van der Waals surface area contributed by atoms with Crippen LogP contribution in [0.15, 0.2) is 54.6 Å². The molecule has 0 aliphatic carbocycles. The zero-order valence-electron chi connectivity index (χ0n) is 14.5. The summed E-state index contributed by atoms with van der Waals surface area (Å²) in [5.74, 6) is -0.878. The Labute approximate surface area is 155 Å². The van der Waals surface area contributed by atoms with Gasteiger partial charge in [0, 0.05) is 12.6 Å². The predicted octanol–water partition coefficient (Wildman–Crippen LogP) is 4.90. The predicted molar refractivity (Wildman–Crippen MR) is 94.4 cm³/mol. The number of halogens is 4. The number of hydrogen-bond donors (Lipinski definition) is 0. The first kappa shape index (κ1) is 18.2. The molecule has 0 radical (unpaired) electrons. The summed E-state index contributed by atoms with van der Waals surface area (Å²) in [6, 6.07) is 12.8. The van der Waals surface area contributed by atoms with Gasteiger partial charge < -0.3 is 4.74 Å². The van der Waals surface area contributed by atoms with Crippen LogP contribution in [0.25, 0.3) is 5.57 Å². The van der Waals surface area contributed by atoms with Gasteiger partial charge in [-0.3, -0.25) is 4.90 Å². The molecule has 2 aliphatic rings. The highest BCUT2D eigenvalue weighted by atomic mass is 19.4. The van der Waals surface area contributed by atoms with Gasteiger partial charge in [0.25, 0.3) is 0 Å². The van der Waals surface area contributed by atoms with E-state index in [1.165, 1.54) is 6.07 Å². The number of ether oxygens (including phenoxy) is 1. The first-order valence-corrected chi connectivity index (χ1v) is 8.87. The molecular weight excluding hydrogens is 358 g/mol. The monoisotopic (exact) mass is 377 g/mol. The number of morpholine rings is 1. The topological polar surface area (TPSA) is 12.5 Å². The van der Waals surface area contributed by atoms with Crippen molar-refractivity contribution in [3.05, 3.63) is 77.1 Å². The van der Waals surface area contributed by atoms with Gasteiger partial charge in [-0.05, 0) is 35.3 Å². The van der Waals surface area contributed by atoms with E-state index in [1.54, 1.807) is 0 Å². The van der Waals surface area contributed by atoms with Crippen LogP contribution in [0.1, 0.15) is 23.1 Å². The fourth-order valence-corrected chi connectivity index (χ4v) is 3.93. The van der Waals surface area contributed by atoms with Crippen LogP contribution < -0.4 is 0 Å². The van der Waals surface area contributed by atoms with Crippen LogP contribution >= 0.6 is 0 Å². The maximum atomic E-state index is 13.4. The van der Waals surface area contributed by atoms with E-state index < -0.39 is 17.6 Å². The summed E-state index contributed by atoms with van der Waals surface area (Å²) in [5, 5.41) is 0. The Morgan fingerprint density at radius 3 is 2.52 bits per heavy atom. The molecule has 6 heteroatoms. The van der Waals surface area contributed by atoms with E-state index >= 15 is 0 Å². The standard InChI is InChI=1S/C21H19F4NO/c22-16-6-7-19(20(10-16)21(23,24)25)15-8-17-12-27-13-18(9-15)26(17)11-14-4-2-1-3-5-14/h1-8,10,17-18H,9,11-13H2. The van der Waals surface area contributed by atoms with Gasteiger partial charge in [-0.1, -0.05) is 42.5 Å². The van der Waals surface area contributed by atoms with Gasteiger partial charge in [0.05, 0.1) is 24.8 Å². The Morgan fingerprint density at radius 2 is 1.81 bits per heavy atom. The average Bonchev–Trinajstić information content (AvgIpc) is 2.62. The lowest BCUT2D eigenvalue weighted by Gasteiger charge is -2.45. The molecule has 27 heavy (non-hydrogen) atoms. The molecule has 2 atom stereocenters. The lowest BCUT2D eigenvalue weighted by molar-refractivity contribution is -0.138. The van der Waals surface area contributed by atoms with Gasteiger partial charge >= 0.3 is 6.18 Å². The van der Waals surface area contributed by atoms with Crippen LogP contribution in [0, 0.1) is 5.82 Å². The van der Waals surface area contributed by atoms with Crippen molar-refractivity contribution in [3.63, 3.8) is 0 Å². The summed E-state index contributed by atoms with van der Waals surface area (Å²) in [7, 11) is 0. The second-order valence-electron chi connectivity index (χ2n) is 7.00. The molecule has 0 spiro atoms. The lowest BCUT2D eigenvalue weighted by atomic mass is 9.87. The molecule has 2 aromatic rings. The van der Waals surface area contributed by atoms with Crippen molar-refractivity contribution in [2.45, 2.75) is 31.2 Å². The van der Waals surface area contributed by atoms with Crippen molar-refractivity contribution in [1.82, 2.24) is 4.90 Å². The third-order valence-corrected chi connectivity index (χ3v) is 5.18. The molecule has 0 saturated carbocycles. The van der Waals surface area contributed by atoms with Gasteiger partial charge in [-0.15, -0.1) is 0 Å². The second-order valence-corrected chi connectivity index (χ2v) is 7.00. The van der Waals surface area contributed by atoms with Crippen LogP contribution in [0.4, 0.5) is 17.6 Å². The van der Waals surface area contributed by atoms with Crippen molar-refractivity contribution in [2.75, 3.05) is 13.2 Å². The van der Waals surface area contributed by atoms with E-state index in [0.717, 1.165) is 18.2 Å². The highest BCUT2D eigenvalue weighted by Gasteiger charge is 2.39. The molecule has 0 N–H and O–H groups in total. The van der Waals surface area contributed by atoms with E-state index in [1.807, 2.05) is 36.4 Å². The first-order chi connectivity index (χ1) is 12.9. The second kappa shape index (κ2) is 7.09. The number of rotatable bonds is 3. The molecule has 0 aromatic heterocycles. The third kappa shape index (κ3) is 3.77. The quantitative estimate of drug-likeness (QED) is 0.706. The average molecular weight is 377 g/mol. The summed E-state index contributed by atoms with van der Waals surface area (Å²) in [4.78, 5) is 2.28. The maximum Gasteiger partial charge on any atom is 0.417 e. The number of fused-ring (bicyclic) bond motifs is 2. The van der Waals surface area contributed by atoms with Crippen molar-refractivity contribution in [1.29, 1.82) is 0 Å². The van der Waals surface area contributed by atoms with Crippen LogP contribution in [-0.4, -0.2) is 30.2 Å². The number of nitrogens with zero attached hydrogens (tertiary/aromatic N) is 1. The molecule has 2 aromatic carbocycles. The fourth-order valence-electron chi connectivity index (χ4n) is 3.93. The Kier molecular flexibility index (Phi) is 4.78. The summed E-state index contributed by atoms with van der Waals surface area (Å²) in [6.45, 7) is 1.64. The summed E-state index contributed by atoms with van der Waals surface area (Å²) >= 11 is 0. The van der Waals surface area contributed by atoms with Gasteiger partial charge in [0.15, 0.2) is 0 Å². The smallest absolute Gasteiger partial charge is 0.378 e. The molecule has 2 heterocycles. The van der Waals surface area contributed by atoms with E-state index in [4.69, 9.17) is 4.74 Å². The molecule has 0 amide bonds. The van der Waals surface area contributed by atoms with E-state index in [9.17, 15) is 17.6 Å². The van der Waals surface area contributed by atoms with Crippen molar-refractivity contribution in [2.24, 2.45) is 0 Å². The summed E-state index contributed by atoms with van der Waals surface area (Å²) in [6.07, 6.45) is -2.30. The Morgan fingerprint density at radius 1 is 1.04 bits per heavy atom. The Balaban J connectivity index is 1.67. The van der Waals surface area contributed by atoms with Gasteiger partial charge in [-0.25, -0.2) is 4.39 Å². The Hall–Kier alpha value is -2.18. The summed E-state index contributed by atoms with van der Waals surface area (Å²) < 4.78 is 59.3. The van der Waals surface area contributed by atoms with E-state index in [-0.39, 0.29) is 17.6 Å². The lowest BCUT2D eigenvalue weighted by Crippen LogP contribution is -2.53. The van der Waals surface area contributed by atoms with Crippen LogP contribution in [0.5, 0.6) is 0 Å². The van der Waals surface area contributed by atoms with Crippen LogP contribution in [-0.2, 0) is 17.5 Å². The van der Waals surface area contributed by atoms with Gasteiger partial charge in [0.1, 0.15) is 5.82 Å². The minimum Gasteiger partial charge on any atom is -0.378 e. The number of alkyl halides is 3. The molecule has 1 saturated heterocycles. The zero-order valence-corrected chi connectivity index (χ0v) is 14.5. The highest BCUT2D eigenvalue weighted by molar-refractivity contribution is 5.71. The fraction of sp³-hybridized carbons (Fsp3) is 0.333. The molecule has 2 aliphatic heterocycles. The van der Waals surface area contributed by atoms with Gasteiger partial charge in [0.2, 0.25) is 0 Å². The normalized spacial score (nSPS) is 23.2. The molecular formula is C21H19F4NO. The van der Waals surface area contributed by atoms with Crippen LogP contribution in [0.3, 0.4) is 0 Å². The minimum atomic E-state index is -4.59. The van der Waals surface area contributed by atoms with Gasteiger partial charge in [-0.2, -0.15) is 13.2 Å². The molecule has 2 nitrogen and oxygen atoms in total. The maximum absolute atomic E-state index is 13.4. The molecule has 2 bridgehead atoms. The highest BCUT2D eigenvalue weighted by Crippen LogP contribution is 2.40. The van der Waals surface area contributed by atoms with Crippen molar-refractivity contribution in [3.8, 4) is 0 Å². The number of benzene rings is 2. The SMILES string of the molecule is Fc1ccc(C2=CC3COCC(C2)N3Cc2ccccc2)c(C(F)(F)F)c1. The minimum absolute atomic E-state index is 0.00454. The zero-order chi connectivity index (χ0) is 19.0. The molecule has 2 unspecified atom stereocenters.